The van der Waals surface area contributed by atoms with Crippen molar-refractivity contribution in [2.45, 2.75) is 31.1 Å². The molecule has 4 rings (SSSR count). The van der Waals surface area contributed by atoms with Gasteiger partial charge in [0.2, 0.25) is 0 Å². The van der Waals surface area contributed by atoms with E-state index >= 15 is 0 Å². The van der Waals surface area contributed by atoms with Crippen LogP contribution >= 0.6 is 0 Å². The summed E-state index contributed by atoms with van der Waals surface area (Å²) in [6, 6.07) is 15.2. The minimum Gasteiger partial charge on any atom is -0.297 e. The maximum atomic E-state index is 13.9. The fraction of sp³-hybridized carbons (Fsp3) is 0.250. The van der Waals surface area contributed by atoms with Crippen LogP contribution in [0.15, 0.2) is 42.6 Å². The Balaban J connectivity index is 1.81. The lowest BCUT2D eigenvalue weighted by Crippen LogP contribution is -2.12. The van der Waals surface area contributed by atoms with E-state index in [0.29, 0.717) is 5.52 Å². The van der Waals surface area contributed by atoms with Gasteiger partial charge in [-0.15, -0.1) is 0 Å². The highest BCUT2D eigenvalue weighted by Crippen LogP contribution is 2.47. The molecule has 1 saturated carbocycles. The second-order valence-corrected chi connectivity index (χ2v) is 6.73. The summed E-state index contributed by atoms with van der Waals surface area (Å²) in [4.78, 5) is 3.80. The minimum atomic E-state index is -3.16. The van der Waals surface area contributed by atoms with Crippen LogP contribution in [-0.4, -0.2) is 9.38 Å². The summed E-state index contributed by atoms with van der Waals surface area (Å²) in [7, 11) is 0. The molecule has 0 aliphatic heterocycles. The van der Waals surface area contributed by atoms with Crippen molar-refractivity contribution >= 4 is 5.52 Å². The number of halogens is 2. The molecule has 0 atom stereocenters. The number of alkyl halides is 2. The Bertz CT molecular complexity index is 1090. The topological polar surface area (TPSA) is 64.9 Å². The van der Waals surface area contributed by atoms with Crippen molar-refractivity contribution < 1.29 is 8.78 Å². The van der Waals surface area contributed by atoms with E-state index in [9.17, 15) is 14.0 Å². The van der Waals surface area contributed by atoms with E-state index in [1.165, 1.54) is 4.40 Å². The number of aromatic nitrogens is 2. The third-order valence-corrected chi connectivity index (χ3v) is 4.87. The zero-order valence-corrected chi connectivity index (χ0v) is 14.0. The lowest BCUT2D eigenvalue weighted by Gasteiger charge is -2.11. The van der Waals surface area contributed by atoms with Gasteiger partial charge < -0.3 is 0 Å². The number of fused-ring (bicyclic) bond motifs is 1. The molecule has 2 aromatic heterocycles. The molecule has 6 heteroatoms. The molecule has 1 aliphatic carbocycles. The van der Waals surface area contributed by atoms with E-state index in [1.807, 2.05) is 30.3 Å². The largest absolute Gasteiger partial charge is 0.302 e. The van der Waals surface area contributed by atoms with Crippen molar-refractivity contribution in [2.75, 3.05) is 0 Å². The molecule has 0 radical (unpaired) electrons. The predicted octanol–water partition coefficient (Wildman–Crippen LogP) is 4.54. The first kappa shape index (κ1) is 16.2. The first-order valence-corrected chi connectivity index (χ1v) is 8.21. The van der Waals surface area contributed by atoms with Crippen molar-refractivity contribution in [3.8, 4) is 23.3 Å². The summed E-state index contributed by atoms with van der Waals surface area (Å²) in [6.07, 6.45) is 3.31. The Morgan fingerprint density at radius 2 is 1.73 bits per heavy atom. The van der Waals surface area contributed by atoms with Crippen LogP contribution in [0.25, 0.3) is 16.6 Å². The minimum absolute atomic E-state index is 0.0203. The Labute approximate surface area is 148 Å². The number of nitriles is 2. The highest BCUT2D eigenvalue weighted by molar-refractivity contribution is 5.69. The highest BCUT2D eigenvalue weighted by Gasteiger charge is 2.44. The maximum absolute atomic E-state index is 13.9. The van der Waals surface area contributed by atoms with Gasteiger partial charge in [-0.3, -0.25) is 4.40 Å². The molecule has 0 unspecified atom stereocenters. The van der Waals surface area contributed by atoms with Gasteiger partial charge in [0.15, 0.2) is 11.5 Å². The van der Waals surface area contributed by atoms with Gasteiger partial charge in [-0.1, -0.05) is 30.3 Å². The smallest absolute Gasteiger partial charge is 0.297 e. The molecule has 4 nitrogen and oxygen atoms in total. The molecule has 0 amide bonds. The van der Waals surface area contributed by atoms with Crippen LogP contribution in [0.1, 0.15) is 36.8 Å². The number of rotatable bonds is 3. The lowest BCUT2D eigenvalue weighted by molar-refractivity contribution is 0.00717. The molecule has 0 N–H and O–H groups in total. The zero-order chi connectivity index (χ0) is 18.5. The summed E-state index contributed by atoms with van der Waals surface area (Å²) in [6.45, 7) is 0.765. The number of imidazole rings is 1. The number of pyridine rings is 1. The van der Waals surface area contributed by atoms with Crippen molar-refractivity contribution in [1.29, 1.82) is 10.5 Å². The van der Waals surface area contributed by atoms with Gasteiger partial charge in [-0.2, -0.15) is 19.3 Å². The average Bonchev–Trinajstić information content (AvgIpc) is 3.34. The Morgan fingerprint density at radius 1 is 1.08 bits per heavy atom. The first-order valence-electron chi connectivity index (χ1n) is 8.21. The van der Waals surface area contributed by atoms with Crippen molar-refractivity contribution in [3.05, 3.63) is 59.7 Å². The van der Waals surface area contributed by atoms with Gasteiger partial charge in [0.1, 0.15) is 6.07 Å². The van der Waals surface area contributed by atoms with Crippen LogP contribution in [0, 0.1) is 22.7 Å². The second kappa shape index (κ2) is 5.37. The summed E-state index contributed by atoms with van der Waals surface area (Å²) < 4.78 is 29.0. The zero-order valence-electron chi connectivity index (χ0n) is 14.0. The van der Waals surface area contributed by atoms with Gasteiger partial charge in [0.05, 0.1) is 17.0 Å². The number of nitrogens with zero attached hydrogens (tertiary/aromatic N) is 4. The van der Waals surface area contributed by atoms with Crippen molar-refractivity contribution in [2.24, 2.45) is 0 Å². The molecule has 26 heavy (non-hydrogen) atoms. The van der Waals surface area contributed by atoms with E-state index in [2.05, 4.69) is 11.1 Å². The van der Waals surface area contributed by atoms with Crippen LogP contribution in [0.4, 0.5) is 8.78 Å². The molecule has 128 valence electrons. The molecule has 1 aromatic carbocycles. The van der Waals surface area contributed by atoms with E-state index < -0.39 is 11.7 Å². The monoisotopic (exact) mass is 348 g/mol. The van der Waals surface area contributed by atoms with Gasteiger partial charge in [-0.05, 0) is 35.6 Å². The van der Waals surface area contributed by atoms with E-state index in [-0.39, 0.29) is 11.1 Å². The lowest BCUT2D eigenvalue weighted by atomic mass is 9.95. The van der Waals surface area contributed by atoms with Crippen molar-refractivity contribution in [1.82, 2.24) is 9.38 Å². The molecule has 1 fully saturated rings. The Kier molecular flexibility index (Phi) is 3.35. The fourth-order valence-electron chi connectivity index (χ4n) is 3.22. The molecule has 1 aliphatic rings. The van der Waals surface area contributed by atoms with Crippen LogP contribution in [0.5, 0.6) is 0 Å². The first-order chi connectivity index (χ1) is 12.4. The predicted molar refractivity (Wildman–Crippen MR) is 91.4 cm³/mol. The third kappa shape index (κ3) is 2.43. The molecule has 3 aromatic rings. The summed E-state index contributed by atoms with van der Waals surface area (Å²) in [5.74, 6) is -3.62. The van der Waals surface area contributed by atoms with Crippen LogP contribution in [0.2, 0.25) is 0 Å². The molecular formula is C20H14F2N4. The van der Waals surface area contributed by atoms with Crippen LogP contribution in [0.3, 0.4) is 0 Å². The van der Waals surface area contributed by atoms with Gasteiger partial charge >= 0.3 is 5.92 Å². The number of hydrogen-bond donors (Lipinski definition) is 0. The molecule has 2 heterocycles. The SMILES string of the molecule is CC(F)(F)c1nc(C#N)c2ccc(-c3ccc(C4(C#N)CC4)cc3)cn12. The summed E-state index contributed by atoms with van der Waals surface area (Å²) >= 11 is 0. The average molecular weight is 348 g/mol. The third-order valence-electron chi connectivity index (χ3n) is 4.87. The van der Waals surface area contributed by atoms with E-state index in [4.69, 9.17) is 5.26 Å². The van der Waals surface area contributed by atoms with Crippen molar-refractivity contribution in [3.63, 3.8) is 0 Å². The molecule has 0 spiro atoms. The number of hydrogen-bond acceptors (Lipinski definition) is 3. The Morgan fingerprint density at radius 3 is 2.27 bits per heavy atom. The van der Waals surface area contributed by atoms with Crippen LogP contribution in [-0.2, 0) is 11.3 Å². The maximum Gasteiger partial charge on any atom is 0.302 e. The van der Waals surface area contributed by atoms with Gasteiger partial charge in [0, 0.05) is 13.1 Å². The molecular weight excluding hydrogens is 334 g/mol. The normalized spacial score (nSPS) is 15.4. The second-order valence-electron chi connectivity index (χ2n) is 6.73. The molecule has 0 bridgehead atoms. The summed E-state index contributed by atoms with van der Waals surface area (Å²) in [5.41, 5.74) is 2.55. The van der Waals surface area contributed by atoms with Gasteiger partial charge in [0.25, 0.3) is 0 Å². The fourth-order valence-corrected chi connectivity index (χ4v) is 3.22. The highest BCUT2D eigenvalue weighted by atomic mass is 19.3. The summed E-state index contributed by atoms with van der Waals surface area (Å²) in [5, 5.41) is 18.4. The standard InChI is InChI=1S/C20H14F2N4/c1-19(21,22)18-25-16(10-23)17-7-4-14(11-26(17)18)13-2-5-15(6-3-13)20(12-24)8-9-20/h2-7,11H,8-9H2,1H3. The van der Waals surface area contributed by atoms with E-state index in [1.54, 1.807) is 18.3 Å². The quantitative estimate of drug-likeness (QED) is 0.698. The van der Waals surface area contributed by atoms with Crippen LogP contribution < -0.4 is 0 Å². The van der Waals surface area contributed by atoms with E-state index in [0.717, 1.165) is 36.5 Å². The number of benzene rings is 1. The molecule has 0 saturated heterocycles. The van der Waals surface area contributed by atoms with Gasteiger partial charge in [-0.25, -0.2) is 4.98 Å². The Hall–Kier alpha value is -3.25.